The maximum absolute atomic E-state index is 13.3. The SMILES string of the molecule is CC(C)CN(C(=O)[C@@H]1CCCN(S(=O)(=O)c2ccc(F)cc2)C1)[C@@H]1CCS(=O)(=O)C1. The Kier molecular flexibility index (Phi) is 6.88. The van der Waals surface area contributed by atoms with Gasteiger partial charge in [-0.25, -0.2) is 21.2 Å². The number of carbonyl (C=O) groups is 1. The lowest BCUT2D eigenvalue weighted by Crippen LogP contribution is -2.50. The number of carbonyl (C=O) groups excluding carboxylic acids is 1. The molecule has 2 atom stereocenters. The molecule has 0 N–H and O–H groups in total. The lowest BCUT2D eigenvalue weighted by Gasteiger charge is -2.37. The third kappa shape index (κ3) is 5.20. The van der Waals surface area contributed by atoms with Crippen molar-refractivity contribution in [3.8, 4) is 0 Å². The zero-order chi connectivity index (χ0) is 22.1. The molecule has 2 heterocycles. The molecule has 0 unspecified atom stereocenters. The molecular formula is C20H29FN2O5S2. The van der Waals surface area contributed by atoms with Crippen molar-refractivity contribution in [2.75, 3.05) is 31.1 Å². The van der Waals surface area contributed by atoms with Gasteiger partial charge in [0.05, 0.1) is 22.3 Å². The minimum atomic E-state index is -3.83. The Labute approximate surface area is 178 Å². The number of amides is 1. The fourth-order valence-corrected chi connectivity index (χ4v) is 7.44. The maximum atomic E-state index is 13.3. The van der Waals surface area contributed by atoms with Gasteiger partial charge in [-0.3, -0.25) is 4.79 Å². The van der Waals surface area contributed by atoms with Crippen LogP contribution in [0.5, 0.6) is 0 Å². The van der Waals surface area contributed by atoms with E-state index in [1.165, 1.54) is 16.4 Å². The monoisotopic (exact) mass is 460 g/mol. The molecule has 7 nitrogen and oxygen atoms in total. The highest BCUT2D eigenvalue weighted by molar-refractivity contribution is 7.91. The number of hydrogen-bond donors (Lipinski definition) is 0. The lowest BCUT2D eigenvalue weighted by molar-refractivity contribution is -0.139. The molecule has 2 saturated heterocycles. The number of piperidine rings is 1. The summed E-state index contributed by atoms with van der Waals surface area (Å²) in [6.45, 7) is 4.73. The van der Waals surface area contributed by atoms with Crippen molar-refractivity contribution < 1.29 is 26.0 Å². The first kappa shape index (κ1) is 23.1. The summed E-state index contributed by atoms with van der Waals surface area (Å²) in [6, 6.07) is 4.30. The van der Waals surface area contributed by atoms with Crippen LogP contribution in [0.3, 0.4) is 0 Å². The average Bonchev–Trinajstić information content (AvgIpc) is 3.05. The Hall–Kier alpha value is -1.52. The third-order valence-corrected chi connectivity index (χ3v) is 9.31. The molecule has 2 aliphatic heterocycles. The van der Waals surface area contributed by atoms with Crippen molar-refractivity contribution in [1.29, 1.82) is 0 Å². The van der Waals surface area contributed by atoms with E-state index in [1.54, 1.807) is 4.90 Å². The van der Waals surface area contributed by atoms with Gasteiger partial charge in [0, 0.05) is 25.7 Å². The predicted octanol–water partition coefficient (Wildman–Crippen LogP) is 1.90. The third-order valence-electron chi connectivity index (χ3n) is 5.68. The summed E-state index contributed by atoms with van der Waals surface area (Å²) < 4.78 is 64.3. The minimum absolute atomic E-state index is 0.00192. The van der Waals surface area contributed by atoms with Gasteiger partial charge in [0.15, 0.2) is 9.84 Å². The van der Waals surface area contributed by atoms with Crippen LogP contribution in [0, 0.1) is 17.7 Å². The Morgan fingerprint density at radius 1 is 1.23 bits per heavy atom. The first-order valence-electron chi connectivity index (χ1n) is 10.3. The second kappa shape index (κ2) is 8.92. The normalized spacial score (nSPS) is 24.8. The summed E-state index contributed by atoms with van der Waals surface area (Å²) in [5.74, 6) is -0.998. The topological polar surface area (TPSA) is 91.8 Å². The maximum Gasteiger partial charge on any atom is 0.243 e. The van der Waals surface area contributed by atoms with Gasteiger partial charge in [0.2, 0.25) is 15.9 Å². The Bertz CT molecular complexity index is 977. The summed E-state index contributed by atoms with van der Waals surface area (Å²) in [6.07, 6.45) is 1.52. The van der Waals surface area contributed by atoms with Crippen LogP contribution in [-0.4, -0.2) is 69.1 Å². The van der Waals surface area contributed by atoms with Crippen LogP contribution in [0.25, 0.3) is 0 Å². The van der Waals surface area contributed by atoms with Crippen LogP contribution in [0.1, 0.15) is 33.1 Å². The number of nitrogens with zero attached hydrogens (tertiary/aromatic N) is 2. The highest BCUT2D eigenvalue weighted by Crippen LogP contribution is 2.28. The van der Waals surface area contributed by atoms with Gasteiger partial charge in [-0.1, -0.05) is 13.8 Å². The molecule has 2 aliphatic rings. The van der Waals surface area contributed by atoms with Crippen LogP contribution in [0.15, 0.2) is 29.2 Å². The van der Waals surface area contributed by atoms with E-state index in [-0.39, 0.29) is 40.8 Å². The van der Waals surface area contributed by atoms with Crippen molar-refractivity contribution in [2.45, 2.75) is 44.0 Å². The van der Waals surface area contributed by atoms with Crippen LogP contribution >= 0.6 is 0 Å². The highest BCUT2D eigenvalue weighted by atomic mass is 32.2. The molecule has 10 heteroatoms. The Morgan fingerprint density at radius 3 is 2.47 bits per heavy atom. The van der Waals surface area contributed by atoms with Crippen molar-refractivity contribution >= 4 is 25.8 Å². The molecule has 1 aromatic carbocycles. The summed E-state index contributed by atoms with van der Waals surface area (Å²) in [7, 11) is -6.98. The van der Waals surface area contributed by atoms with Crippen LogP contribution in [0.2, 0.25) is 0 Å². The molecule has 0 aliphatic carbocycles. The molecule has 0 aromatic heterocycles. The first-order valence-corrected chi connectivity index (χ1v) is 13.5. The standard InChI is InChI=1S/C20H29FN2O5S2/c1-15(2)12-23(18-9-11-29(25,26)14-18)20(24)16-4-3-10-22(13-16)30(27,28)19-7-5-17(21)6-8-19/h5-8,15-16,18H,3-4,9-14H2,1-2H3/t16-,18-/m1/s1. The molecule has 0 saturated carbocycles. The first-order chi connectivity index (χ1) is 14.0. The van der Waals surface area contributed by atoms with Gasteiger partial charge in [-0.2, -0.15) is 4.31 Å². The van der Waals surface area contributed by atoms with Gasteiger partial charge < -0.3 is 4.90 Å². The van der Waals surface area contributed by atoms with Crippen LogP contribution in [0.4, 0.5) is 4.39 Å². The lowest BCUT2D eigenvalue weighted by atomic mass is 9.96. The van der Waals surface area contributed by atoms with Crippen molar-refractivity contribution in [1.82, 2.24) is 9.21 Å². The van der Waals surface area contributed by atoms with E-state index in [9.17, 15) is 26.0 Å². The zero-order valence-corrected chi connectivity index (χ0v) is 19.0. The summed E-state index contributed by atoms with van der Waals surface area (Å²) in [5, 5.41) is 0. The van der Waals surface area contributed by atoms with E-state index in [2.05, 4.69) is 0 Å². The summed E-state index contributed by atoms with van der Waals surface area (Å²) in [5.41, 5.74) is 0. The molecule has 0 bridgehead atoms. The van der Waals surface area contributed by atoms with E-state index in [0.29, 0.717) is 32.4 Å². The molecule has 1 aromatic rings. The van der Waals surface area contributed by atoms with E-state index >= 15 is 0 Å². The van der Waals surface area contributed by atoms with Gasteiger partial charge >= 0.3 is 0 Å². The second-order valence-corrected chi connectivity index (χ2v) is 12.8. The molecular weight excluding hydrogens is 431 g/mol. The number of hydrogen-bond acceptors (Lipinski definition) is 5. The highest BCUT2D eigenvalue weighted by Gasteiger charge is 2.40. The van der Waals surface area contributed by atoms with E-state index in [4.69, 9.17) is 0 Å². The average molecular weight is 461 g/mol. The molecule has 168 valence electrons. The fraction of sp³-hybridized carbons (Fsp3) is 0.650. The smallest absolute Gasteiger partial charge is 0.243 e. The van der Waals surface area contributed by atoms with Gasteiger partial charge in [-0.15, -0.1) is 0 Å². The molecule has 0 radical (unpaired) electrons. The van der Waals surface area contributed by atoms with E-state index < -0.39 is 31.6 Å². The van der Waals surface area contributed by atoms with Crippen molar-refractivity contribution in [3.05, 3.63) is 30.1 Å². The number of halogens is 1. The predicted molar refractivity (Wildman–Crippen MR) is 111 cm³/mol. The van der Waals surface area contributed by atoms with E-state index in [0.717, 1.165) is 12.1 Å². The number of sulfonamides is 1. The largest absolute Gasteiger partial charge is 0.338 e. The van der Waals surface area contributed by atoms with Crippen molar-refractivity contribution in [2.24, 2.45) is 11.8 Å². The van der Waals surface area contributed by atoms with E-state index in [1.807, 2.05) is 13.8 Å². The summed E-state index contributed by atoms with van der Waals surface area (Å²) >= 11 is 0. The molecule has 30 heavy (non-hydrogen) atoms. The summed E-state index contributed by atoms with van der Waals surface area (Å²) in [4.78, 5) is 15.0. The zero-order valence-electron chi connectivity index (χ0n) is 17.3. The molecule has 1 amide bonds. The van der Waals surface area contributed by atoms with Gasteiger partial charge in [0.25, 0.3) is 0 Å². The van der Waals surface area contributed by atoms with Crippen LogP contribution < -0.4 is 0 Å². The van der Waals surface area contributed by atoms with Crippen LogP contribution in [-0.2, 0) is 24.7 Å². The Balaban J connectivity index is 1.78. The molecule has 0 spiro atoms. The Morgan fingerprint density at radius 2 is 1.90 bits per heavy atom. The van der Waals surface area contributed by atoms with Gasteiger partial charge in [-0.05, 0) is 49.4 Å². The second-order valence-electron chi connectivity index (χ2n) is 8.60. The minimum Gasteiger partial charge on any atom is -0.338 e. The number of sulfone groups is 1. The fourth-order valence-electron chi connectivity index (χ4n) is 4.19. The molecule has 2 fully saturated rings. The molecule has 3 rings (SSSR count). The quantitative estimate of drug-likeness (QED) is 0.647. The van der Waals surface area contributed by atoms with Gasteiger partial charge in [0.1, 0.15) is 5.82 Å². The number of benzene rings is 1. The van der Waals surface area contributed by atoms with Crippen molar-refractivity contribution in [3.63, 3.8) is 0 Å². The number of rotatable bonds is 6.